The van der Waals surface area contributed by atoms with E-state index in [-0.39, 0.29) is 11.0 Å². The number of anilines is 2. The van der Waals surface area contributed by atoms with E-state index in [0.717, 1.165) is 60.4 Å². The monoisotopic (exact) mass is 600 g/mol. The molecular formula is C35H44N4O5. The number of carboxylic acids is 2. The molecular weight excluding hydrogens is 556 g/mol. The van der Waals surface area contributed by atoms with Crippen molar-refractivity contribution in [3.63, 3.8) is 0 Å². The van der Waals surface area contributed by atoms with Gasteiger partial charge in [-0.2, -0.15) is 0 Å². The van der Waals surface area contributed by atoms with Gasteiger partial charge in [0.2, 0.25) is 0 Å². The molecule has 2 aromatic heterocycles. The van der Waals surface area contributed by atoms with Gasteiger partial charge in [-0.15, -0.1) is 0 Å². The zero-order valence-corrected chi connectivity index (χ0v) is 26.9. The first kappa shape index (κ1) is 31.4. The molecule has 0 amide bonds. The zero-order valence-electron chi connectivity index (χ0n) is 26.9. The molecule has 2 N–H and O–H groups in total. The molecule has 1 saturated heterocycles. The Balaban J connectivity index is 1.62. The molecule has 0 saturated carbocycles. The van der Waals surface area contributed by atoms with Gasteiger partial charge < -0.3 is 24.7 Å². The Hall–Kier alpha value is -3.98. The summed E-state index contributed by atoms with van der Waals surface area (Å²) in [4.78, 5) is 38.3. The number of aromatic nitrogens is 2. The molecule has 234 valence electrons. The van der Waals surface area contributed by atoms with E-state index in [1.54, 1.807) is 18.3 Å². The van der Waals surface area contributed by atoms with E-state index in [1.165, 1.54) is 5.56 Å². The van der Waals surface area contributed by atoms with Gasteiger partial charge in [-0.05, 0) is 88.1 Å². The minimum absolute atomic E-state index is 0.196. The number of carbonyl (C=O) groups is 2. The van der Waals surface area contributed by atoms with Gasteiger partial charge in [0, 0.05) is 54.9 Å². The quantitative estimate of drug-likeness (QED) is 0.310. The van der Waals surface area contributed by atoms with Gasteiger partial charge >= 0.3 is 11.9 Å². The highest BCUT2D eigenvalue weighted by Gasteiger charge is 2.36. The maximum Gasteiger partial charge on any atom is 0.339 e. The average Bonchev–Trinajstić information content (AvgIpc) is 2.95. The molecule has 3 aromatic rings. The number of aromatic carboxylic acids is 1. The summed E-state index contributed by atoms with van der Waals surface area (Å²) in [5, 5.41) is 20.2. The molecule has 5 rings (SSSR count). The number of piperidine rings is 1. The molecule has 9 heteroatoms. The van der Waals surface area contributed by atoms with Crippen LogP contribution in [0.15, 0.2) is 36.5 Å². The maximum atomic E-state index is 12.8. The average molecular weight is 601 g/mol. The molecule has 9 nitrogen and oxygen atoms in total. The van der Waals surface area contributed by atoms with Crippen molar-refractivity contribution in [3.8, 4) is 11.1 Å². The van der Waals surface area contributed by atoms with Crippen LogP contribution in [-0.2, 0) is 22.5 Å². The third-order valence-electron chi connectivity index (χ3n) is 8.79. The van der Waals surface area contributed by atoms with Crippen LogP contribution < -0.4 is 9.80 Å². The second kappa shape index (κ2) is 11.8. The summed E-state index contributed by atoms with van der Waals surface area (Å²) in [5.74, 6) is -1.54. The smallest absolute Gasteiger partial charge is 0.339 e. The fourth-order valence-corrected chi connectivity index (χ4v) is 6.46. The maximum absolute atomic E-state index is 12.8. The van der Waals surface area contributed by atoms with E-state index >= 15 is 0 Å². The highest BCUT2D eigenvalue weighted by atomic mass is 16.5. The summed E-state index contributed by atoms with van der Waals surface area (Å²) in [7, 11) is 0. The van der Waals surface area contributed by atoms with Gasteiger partial charge in [0.1, 0.15) is 11.4 Å². The van der Waals surface area contributed by atoms with E-state index in [0.29, 0.717) is 30.2 Å². The normalized spacial score (nSPS) is 17.2. The summed E-state index contributed by atoms with van der Waals surface area (Å²) in [6.45, 7) is 16.9. The molecule has 1 fully saturated rings. The van der Waals surface area contributed by atoms with Crippen LogP contribution in [0.5, 0.6) is 0 Å². The number of rotatable bonds is 7. The Kier molecular flexibility index (Phi) is 8.46. The second-order valence-corrected chi connectivity index (χ2v) is 13.9. The van der Waals surface area contributed by atoms with Crippen molar-refractivity contribution in [1.29, 1.82) is 0 Å². The topological polar surface area (TPSA) is 116 Å². The molecule has 4 heterocycles. The third kappa shape index (κ3) is 6.43. The largest absolute Gasteiger partial charge is 0.479 e. The number of ether oxygens (including phenoxy) is 1. The van der Waals surface area contributed by atoms with Crippen LogP contribution in [0.3, 0.4) is 0 Å². The number of benzene rings is 1. The van der Waals surface area contributed by atoms with Gasteiger partial charge in [0.15, 0.2) is 6.10 Å². The summed E-state index contributed by atoms with van der Waals surface area (Å²) < 4.78 is 6.22. The lowest BCUT2D eigenvalue weighted by Crippen LogP contribution is -2.39. The minimum atomic E-state index is -1.17. The Labute approximate surface area is 259 Å². The minimum Gasteiger partial charge on any atom is -0.479 e. The first-order valence-corrected chi connectivity index (χ1v) is 15.4. The van der Waals surface area contributed by atoms with Crippen molar-refractivity contribution < 1.29 is 24.5 Å². The number of hydrogen-bond acceptors (Lipinski definition) is 7. The molecule has 0 unspecified atom stereocenters. The Morgan fingerprint density at radius 3 is 2.32 bits per heavy atom. The predicted molar refractivity (Wildman–Crippen MR) is 172 cm³/mol. The Morgan fingerprint density at radius 1 is 0.977 bits per heavy atom. The molecule has 2 aliphatic rings. The van der Waals surface area contributed by atoms with Gasteiger partial charge in [0.05, 0.1) is 11.3 Å². The summed E-state index contributed by atoms with van der Waals surface area (Å²) in [5.41, 5.74) is 7.00. The number of aliphatic carboxylic acids is 1. The number of aryl methyl sites for hydroxylation is 2. The van der Waals surface area contributed by atoms with E-state index in [9.17, 15) is 19.8 Å². The number of pyridine rings is 2. The van der Waals surface area contributed by atoms with Crippen LogP contribution in [-0.4, -0.2) is 57.4 Å². The van der Waals surface area contributed by atoms with Crippen LogP contribution in [0.1, 0.15) is 92.0 Å². The van der Waals surface area contributed by atoms with Crippen molar-refractivity contribution in [1.82, 2.24) is 9.97 Å². The number of hydrogen-bond donors (Lipinski definition) is 2. The van der Waals surface area contributed by atoms with Gasteiger partial charge in [-0.1, -0.05) is 32.0 Å². The standard InChI is InChI=1S/C35H44N4O5/c1-21-27(24-10-11-25-20-39(16-12-23(25)19-24)31-26(32(40)41)9-8-15-36-31)29(38-17-13-35(6,7)14-18-38)28(22(2)37-21)30(33(42)43)44-34(3,4)5/h8-11,15,19,30H,12-14,16-18,20H2,1-7H3,(H,40,41)(H,42,43)/t30-/m0/s1. The zero-order chi connectivity index (χ0) is 32.0. The van der Waals surface area contributed by atoms with Crippen LogP contribution in [0, 0.1) is 19.3 Å². The fraction of sp³-hybridized carbons (Fsp3) is 0.486. The van der Waals surface area contributed by atoms with Crippen LogP contribution >= 0.6 is 0 Å². The molecule has 0 aliphatic carbocycles. The first-order valence-electron chi connectivity index (χ1n) is 15.4. The summed E-state index contributed by atoms with van der Waals surface area (Å²) in [6.07, 6.45) is 3.18. The second-order valence-electron chi connectivity index (χ2n) is 13.9. The SMILES string of the molecule is Cc1nc(C)c([C@H](OC(C)(C)C)C(=O)O)c(N2CCC(C)(C)CC2)c1-c1ccc2c(c1)CCN(c1ncccc1C(=O)O)C2. The van der Waals surface area contributed by atoms with Gasteiger partial charge in [-0.3, -0.25) is 4.98 Å². The Morgan fingerprint density at radius 2 is 1.68 bits per heavy atom. The van der Waals surface area contributed by atoms with Crippen molar-refractivity contribution in [2.45, 2.75) is 86.0 Å². The molecule has 1 aromatic carbocycles. The predicted octanol–water partition coefficient (Wildman–Crippen LogP) is 6.59. The Bertz CT molecular complexity index is 1580. The van der Waals surface area contributed by atoms with Crippen LogP contribution in [0.2, 0.25) is 0 Å². The fourth-order valence-electron chi connectivity index (χ4n) is 6.46. The van der Waals surface area contributed by atoms with Crippen molar-refractivity contribution in [2.75, 3.05) is 29.4 Å². The molecule has 2 aliphatic heterocycles. The van der Waals surface area contributed by atoms with Crippen LogP contribution in [0.4, 0.5) is 11.5 Å². The summed E-state index contributed by atoms with van der Waals surface area (Å²) in [6, 6.07) is 9.61. The highest BCUT2D eigenvalue weighted by Crippen LogP contribution is 2.45. The lowest BCUT2D eigenvalue weighted by Gasteiger charge is -2.41. The number of fused-ring (bicyclic) bond motifs is 1. The summed E-state index contributed by atoms with van der Waals surface area (Å²) >= 11 is 0. The molecule has 0 bridgehead atoms. The lowest BCUT2D eigenvalue weighted by atomic mass is 9.81. The van der Waals surface area contributed by atoms with Gasteiger partial charge in [0.25, 0.3) is 0 Å². The molecule has 0 spiro atoms. The molecule has 1 atom stereocenters. The van der Waals surface area contributed by atoms with Crippen molar-refractivity contribution in [3.05, 3.63) is 70.2 Å². The number of nitrogens with zero attached hydrogens (tertiary/aromatic N) is 4. The van der Waals surface area contributed by atoms with Crippen LogP contribution in [0.25, 0.3) is 11.1 Å². The van der Waals surface area contributed by atoms with E-state index < -0.39 is 23.6 Å². The lowest BCUT2D eigenvalue weighted by molar-refractivity contribution is -0.160. The molecule has 44 heavy (non-hydrogen) atoms. The first-order chi connectivity index (χ1) is 20.6. The highest BCUT2D eigenvalue weighted by molar-refractivity contribution is 5.93. The number of carboxylic acid groups (broad SMARTS) is 2. The van der Waals surface area contributed by atoms with E-state index in [1.807, 2.05) is 39.5 Å². The molecule has 0 radical (unpaired) electrons. The van der Waals surface area contributed by atoms with E-state index in [4.69, 9.17) is 9.72 Å². The third-order valence-corrected chi connectivity index (χ3v) is 8.79. The van der Waals surface area contributed by atoms with Crippen molar-refractivity contribution in [2.24, 2.45) is 5.41 Å². The van der Waals surface area contributed by atoms with E-state index in [2.05, 4.69) is 41.9 Å². The van der Waals surface area contributed by atoms with Gasteiger partial charge in [-0.25, -0.2) is 14.6 Å². The van der Waals surface area contributed by atoms with Crippen molar-refractivity contribution >= 4 is 23.4 Å².